The van der Waals surface area contributed by atoms with Crippen molar-refractivity contribution >= 4 is 27.8 Å². The van der Waals surface area contributed by atoms with Crippen LogP contribution in [0.5, 0.6) is 0 Å². The first-order chi connectivity index (χ1) is 11.0. The van der Waals surface area contributed by atoms with E-state index >= 15 is 0 Å². The molecule has 1 N–H and O–H groups in total. The first kappa shape index (κ1) is 16.2. The molecule has 23 heavy (non-hydrogen) atoms. The molecule has 0 saturated carbocycles. The third-order valence-electron chi connectivity index (χ3n) is 4.41. The van der Waals surface area contributed by atoms with Crippen LogP contribution < -0.4 is 0 Å². The van der Waals surface area contributed by atoms with E-state index in [0.29, 0.717) is 11.6 Å². The minimum Gasteiger partial charge on any atom is -0.350 e. The molecule has 6 heteroatoms. The molecule has 1 aliphatic rings. The number of benzene rings is 1. The van der Waals surface area contributed by atoms with E-state index in [1.54, 1.807) is 19.0 Å². The molecule has 0 bridgehead atoms. The first-order valence-electron chi connectivity index (χ1n) is 7.97. The predicted molar refractivity (Wildman–Crippen MR) is 92.7 cm³/mol. The van der Waals surface area contributed by atoms with Crippen LogP contribution in [0.25, 0.3) is 10.9 Å². The topological polar surface area (TPSA) is 56.4 Å². The molecule has 1 amide bonds. The summed E-state index contributed by atoms with van der Waals surface area (Å²) in [7, 11) is 2.32. The molecule has 1 fully saturated rings. The number of amides is 1. The van der Waals surface area contributed by atoms with Crippen LogP contribution in [0.2, 0.25) is 0 Å². The smallest absolute Gasteiger partial charge is 0.269 e. The van der Waals surface area contributed by atoms with Crippen molar-refractivity contribution in [3.05, 3.63) is 30.0 Å². The average Bonchev–Trinajstić information content (AvgIpc) is 2.97. The lowest BCUT2D eigenvalue weighted by Crippen LogP contribution is -2.34. The van der Waals surface area contributed by atoms with Crippen LogP contribution in [-0.2, 0) is 11.0 Å². The normalized spacial score (nSPS) is 18.2. The van der Waals surface area contributed by atoms with Gasteiger partial charge in [-0.2, -0.15) is 0 Å². The van der Waals surface area contributed by atoms with E-state index in [4.69, 9.17) is 0 Å². The van der Waals surface area contributed by atoms with Crippen molar-refractivity contribution in [3.8, 4) is 0 Å². The number of carbonyl (C=O) groups is 1. The maximum atomic E-state index is 12.7. The van der Waals surface area contributed by atoms with Gasteiger partial charge in [0.05, 0.1) is 4.90 Å². The third kappa shape index (κ3) is 3.33. The number of aromatic amines is 1. The molecule has 5 nitrogen and oxygen atoms in total. The summed E-state index contributed by atoms with van der Waals surface area (Å²) in [6.45, 7) is 4.00. The maximum absolute atomic E-state index is 12.7. The van der Waals surface area contributed by atoms with Crippen molar-refractivity contribution < 1.29 is 9.00 Å². The van der Waals surface area contributed by atoms with E-state index in [-0.39, 0.29) is 5.91 Å². The number of nitrogens with one attached hydrogen (secondary N) is 1. The Morgan fingerprint density at radius 3 is 2.61 bits per heavy atom. The summed E-state index contributed by atoms with van der Waals surface area (Å²) < 4.78 is 14.8. The molecule has 2 heterocycles. The second-order valence-corrected chi connectivity index (χ2v) is 7.98. The Hall–Kier alpha value is -1.66. The number of aromatic nitrogens is 1. The van der Waals surface area contributed by atoms with Gasteiger partial charge in [0, 0.05) is 38.1 Å². The van der Waals surface area contributed by atoms with Crippen LogP contribution in [0, 0.1) is 5.92 Å². The second kappa shape index (κ2) is 6.45. The number of nitrogens with zero attached hydrogens (tertiary/aromatic N) is 2. The highest BCUT2D eigenvalue weighted by molar-refractivity contribution is 7.82. The number of carbonyl (C=O) groups excluding carboxylic acids is 1. The molecule has 2 aromatic rings. The quantitative estimate of drug-likeness (QED) is 0.939. The average molecular weight is 333 g/mol. The molecule has 1 unspecified atom stereocenters. The molecule has 1 aromatic heterocycles. The van der Waals surface area contributed by atoms with Crippen molar-refractivity contribution in [1.29, 1.82) is 0 Å². The lowest BCUT2D eigenvalue weighted by atomic mass is 10.0. The molecule has 0 radical (unpaired) electrons. The summed E-state index contributed by atoms with van der Waals surface area (Å²) in [5.41, 5.74) is 1.41. The van der Waals surface area contributed by atoms with Gasteiger partial charge in [-0.15, -0.1) is 0 Å². The molecule has 124 valence electrons. The summed E-state index contributed by atoms with van der Waals surface area (Å²) in [6.07, 6.45) is 2.19. The van der Waals surface area contributed by atoms with Crippen LogP contribution in [0.15, 0.2) is 29.2 Å². The van der Waals surface area contributed by atoms with E-state index in [1.807, 2.05) is 28.6 Å². The zero-order valence-corrected chi connectivity index (χ0v) is 14.7. The molecule has 1 aliphatic heterocycles. The van der Waals surface area contributed by atoms with Crippen LogP contribution in [-0.4, -0.2) is 51.5 Å². The van der Waals surface area contributed by atoms with Gasteiger partial charge < -0.3 is 9.88 Å². The van der Waals surface area contributed by atoms with E-state index in [0.717, 1.165) is 41.7 Å². The number of piperidine rings is 1. The van der Waals surface area contributed by atoms with Gasteiger partial charge in [0.15, 0.2) is 0 Å². The van der Waals surface area contributed by atoms with Crippen molar-refractivity contribution in [1.82, 2.24) is 14.2 Å². The zero-order valence-electron chi connectivity index (χ0n) is 13.8. The predicted octanol–water partition coefficient (Wildman–Crippen LogP) is 2.62. The lowest BCUT2D eigenvalue weighted by Gasteiger charge is -2.28. The minimum absolute atomic E-state index is 0.0612. The Morgan fingerprint density at radius 1 is 1.26 bits per heavy atom. The van der Waals surface area contributed by atoms with Gasteiger partial charge in [0.1, 0.15) is 16.7 Å². The van der Waals surface area contributed by atoms with Crippen molar-refractivity contribution in [2.75, 3.05) is 27.2 Å². The van der Waals surface area contributed by atoms with Gasteiger partial charge in [-0.05, 0) is 37.0 Å². The highest BCUT2D eigenvalue weighted by atomic mass is 32.2. The lowest BCUT2D eigenvalue weighted by molar-refractivity contribution is 0.0823. The summed E-state index contributed by atoms with van der Waals surface area (Å²) in [6, 6.07) is 7.56. The van der Waals surface area contributed by atoms with Crippen LogP contribution >= 0.6 is 0 Å². The van der Waals surface area contributed by atoms with Crippen LogP contribution in [0.3, 0.4) is 0 Å². The van der Waals surface area contributed by atoms with Gasteiger partial charge in [-0.3, -0.25) is 4.79 Å². The molecule has 3 rings (SSSR count). The van der Waals surface area contributed by atoms with Gasteiger partial charge >= 0.3 is 0 Å². The Balaban J connectivity index is 1.85. The van der Waals surface area contributed by atoms with Crippen molar-refractivity contribution in [2.45, 2.75) is 24.7 Å². The fourth-order valence-corrected chi connectivity index (χ4v) is 4.11. The standard InChI is InChI=1S/C17H23N3O2S/c1-12-6-8-20(9-7-12)23(22)14-5-4-13-10-16(17(21)19(2)3)18-15(13)11-14/h4-5,10-12,18H,6-9H2,1-3H3. The molecule has 1 atom stereocenters. The van der Waals surface area contributed by atoms with Gasteiger partial charge in [0.25, 0.3) is 5.91 Å². The zero-order chi connectivity index (χ0) is 16.6. The Kier molecular flexibility index (Phi) is 4.55. The summed E-state index contributed by atoms with van der Waals surface area (Å²) in [5, 5.41) is 0.961. The fourth-order valence-electron chi connectivity index (χ4n) is 2.87. The monoisotopic (exact) mass is 333 g/mol. The van der Waals surface area contributed by atoms with Gasteiger partial charge in [-0.1, -0.05) is 13.0 Å². The van der Waals surface area contributed by atoms with Crippen molar-refractivity contribution in [2.24, 2.45) is 5.92 Å². The van der Waals surface area contributed by atoms with Crippen LogP contribution in [0.4, 0.5) is 0 Å². The third-order valence-corrected chi connectivity index (χ3v) is 5.90. The second-order valence-electron chi connectivity index (χ2n) is 6.49. The molecular formula is C17H23N3O2S. The largest absolute Gasteiger partial charge is 0.350 e. The fraction of sp³-hybridized carbons (Fsp3) is 0.471. The highest BCUT2D eigenvalue weighted by Gasteiger charge is 2.22. The van der Waals surface area contributed by atoms with Crippen LogP contribution in [0.1, 0.15) is 30.3 Å². The summed E-state index contributed by atoms with van der Waals surface area (Å²) in [5.74, 6) is 0.655. The minimum atomic E-state index is -1.13. The van der Waals surface area contributed by atoms with E-state index in [1.165, 1.54) is 0 Å². The van der Waals surface area contributed by atoms with Crippen molar-refractivity contribution in [3.63, 3.8) is 0 Å². The number of H-pyrrole nitrogens is 1. The molecule has 0 aliphatic carbocycles. The summed E-state index contributed by atoms with van der Waals surface area (Å²) >= 11 is 0. The summed E-state index contributed by atoms with van der Waals surface area (Å²) in [4.78, 5) is 17.5. The molecule has 1 saturated heterocycles. The Labute approximate surface area is 139 Å². The SMILES string of the molecule is CC1CCN(S(=O)c2ccc3cc(C(=O)N(C)C)[nH]c3c2)CC1. The van der Waals surface area contributed by atoms with Gasteiger partial charge in [0.2, 0.25) is 0 Å². The maximum Gasteiger partial charge on any atom is 0.269 e. The van der Waals surface area contributed by atoms with Gasteiger partial charge in [-0.25, -0.2) is 8.51 Å². The number of hydrogen-bond donors (Lipinski definition) is 1. The Morgan fingerprint density at radius 2 is 1.96 bits per heavy atom. The van der Waals surface area contributed by atoms with E-state index in [9.17, 15) is 9.00 Å². The number of rotatable bonds is 3. The Bertz CT molecular complexity index is 745. The van der Waals surface area contributed by atoms with E-state index in [2.05, 4.69) is 11.9 Å². The highest BCUT2D eigenvalue weighted by Crippen LogP contribution is 2.24. The molecule has 1 aromatic carbocycles. The molecular weight excluding hydrogens is 310 g/mol. The number of hydrogen-bond acceptors (Lipinski definition) is 2. The first-order valence-corrected chi connectivity index (χ1v) is 9.07. The number of fused-ring (bicyclic) bond motifs is 1. The molecule has 0 spiro atoms. The van der Waals surface area contributed by atoms with E-state index < -0.39 is 11.0 Å².